The highest BCUT2D eigenvalue weighted by atomic mass is 16.5. The normalized spacial score (nSPS) is 36.0. The van der Waals surface area contributed by atoms with Gasteiger partial charge >= 0.3 is 5.97 Å². The number of aliphatic carboxylic acids is 1. The molecule has 0 aromatic carbocycles. The Kier molecular flexibility index (Phi) is 3.59. The van der Waals surface area contributed by atoms with Gasteiger partial charge in [0.05, 0.1) is 17.6 Å². The van der Waals surface area contributed by atoms with Gasteiger partial charge in [0.15, 0.2) is 0 Å². The number of amides is 1. The van der Waals surface area contributed by atoms with Crippen molar-refractivity contribution in [1.29, 1.82) is 0 Å². The summed E-state index contributed by atoms with van der Waals surface area (Å²) in [6.07, 6.45) is 1.26. The molecule has 2 aliphatic heterocycles. The van der Waals surface area contributed by atoms with E-state index in [1.54, 1.807) is 18.9 Å². The van der Waals surface area contributed by atoms with Gasteiger partial charge in [0.2, 0.25) is 5.91 Å². The zero-order valence-electron chi connectivity index (χ0n) is 10.8. The number of hydrogen-bond acceptors (Lipinski definition) is 4. The minimum absolute atomic E-state index is 0.000440. The van der Waals surface area contributed by atoms with Crippen molar-refractivity contribution in [3.8, 4) is 0 Å². The standard InChI is InChI=1S/C12H20N2O4/c1-12(11(16)17)3-4-14(7-12)10(15)9-5-8(18-2)6-13-9/h8-9,13H,3-7H2,1-2H3,(H,16,17). The molecule has 3 atom stereocenters. The number of carboxylic acid groups (broad SMARTS) is 1. The first kappa shape index (κ1) is 13.3. The van der Waals surface area contributed by atoms with Gasteiger partial charge in [-0.25, -0.2) is 0 Å². The van der Waals surface area contributed by atoms with Gasteiger partial charge in [-0.1, -0.05) is 0 Å². The summed E-state index contributed by atoms with van der Waals surface area (Å²) in [6.45, 7) is 3.20. The first-order valence-corrected chi connectivity index (χ1v) is 6.24. The molecule has 0 spiro atoms. The molecule has 3 unspecified atom stereocenters. The van der Waals surface area contributed by atoms with Crippen LogP contribution in [0.3, 0.4) is 0 Å². The van der Waals surface area contributed by atoms with E-state index in [4.69, 9.17) is 9.84 Å². The summed E-state index contributed by atoms with van der Waals surface area (Å²) in [7, 11) is 1.64. The molecule has 1 amide bonds. The fourth-order valence-electron chi connectivity index (χ4n) is 2.62. The molecule has 0 radical (unpaired) electrons. The van der Waals surface area contributed by atoms with Crippen molar-refractivity contribution in [2.75, 3.05) is 26.7 Å². The van der Waals surface area contributed by atoms with Gasteiger partial charge in [0.25, 0.3) is 0 Å². The Morgan fingerprint density at radius 1 is 1.50 bits per heavy atom. The Labute approximate surface area is 106 Å². The van der Waals surface area contributed by atoms with E-state index < -0.39 is 11.4 Å². The number of carbonyl (C=O) groups is 2. The van der Waals surface area contributed by atoms with E-state index in [-0.39, 0.29) is 18.1 Å². The molecule has 2 N–H and O–H groups in total. The average molecular weight is 256 g/mol. The van der Waals surface area contributed by atoms with Crippen LogP contribution in [0, 0.1) is 5.41 Å². The number of ether oxygens (including phenoxy) is 1. The van der Waals surface area contributed by atoms with Crippen LogP contribution < -0.4 is 5.32 Å². The maximum Gasteiger partial charge on any atom is 0.311 e. The second-order valence-electron chi connectivity index (χ2n) is 5.43. The molecule has 0 bridgehead atoms. The lowest BCUT2D eigenvalue weighted by molar-refractivity contribution is -0.147. The van der Waals surface area contributed by atoms with Gasteiger partial charge in [-0.05, 0) is 19.8 Å². The van der Waals surface area contributed by atoms with E-state index >= 15 is 0 Å². The third-order valence-corrected chi connectivity index (χ3v) is 4.02. The fourth-order valence-corrected chi connectivity index (χ4v) is 2.62. The third-order valence-electron chi connectivity index (χ3n) is 4.02. The lowest BCUT2D eigenvalue weighted by Gasteiger charge is -2.22. The van der Waals surface area contributed by atoms with Gasteiger partial charge in [-0.15, -0.1) is 0 Å². The number of carbonyl (C=O) groups excluding carboxylic acids is 1. The molecule has 2 heterocycles. The lowest BCUT2D eigenvalue weighted by atomic mass is 9.90. The van der Waals surface area contributed by atoms with Crippen molar-refractivity contribution in [2.24, 2.45) is 5.41 Å². The van der Waals surface area contributed by atoms with Crippen LogP contribution in [0.5, 0.6) is 0 Å². The molecule has 2 rings (SSSR count). The molecule has 6 nitrogen and oxygen atoms in total. The molecule has 0 aromatic rings. The maximum absolute atomic E-state index is 12.2. The van der Waals surface area contributed by atoms with E-state index in [2.05, 4.69) is 5.32 Å². The van der Waals surface area contributed by atoms with E-state index in [0.29, 0.717) is 32.5 Å². The molecular weight excluding hydrogens is 236 g/mol. The molecule has 0 aromatic heterocycles. The number of rotatable bonds is 3. The Morgan fingerprint density at radius 3 is 2.72 bits per heavy atom. The van der Waals surface area contributed by atoms with Crippen LogP contribution >= 0.6 is 0 Å². The lowest BCUT2D eigenvalue weighted by Crippen LogP contribution is -2.44. The molecule has 18 heavy (non-hydrogen) atoms. The Bertz CT molecular complexity index is 360. The zero-order chi connectivity index (χ0) is 13.3. The van der Waals surface area contributed by atoms with Gasteiger partial charge in [0.1, 0.15) is 0 Å². The summed E-state index contributed by atoms with van der Waals surface area (Å²) < 4.78 is 5.21. The van der Waals surface area contributed by atoms with Crippen molar-refractivity contribution in [2.45, 2.75) is 31.9 Å². The maximum atomic E-state index is 12.2. The van der Waals surface area contributed by atoms with E-state index in [1.165, 1.54) is 0 Å². The van der Waals surface area contributed by atoms with Crippen LogP contribution in [0.4, 0.5) is 0 Å². The van der Waals surface area contributed by atoms with Crippen LogP contribution in [0.2, 0.25) is 0 Å². The minimum Gasteiger partial charge on any atom is -0.481 e. The van der Waals surface area contributed by atoms with Crippen molar-refractivity contribution in [3.63, 3.8) is 0 Å². The van der Waals surface area contributed by atoms with E-state index in [0.717, 1.165) is 0 Å². The largest absolute Gasteiger partial charge is 0.481 e. The second-order valence-corrected chi connectivity index (χ2v) is 5.43. The second kappa shape index (κ2) is 4.85. The number of hydrogen-bond donors (Lipinski definition) is 2. The average Bonchev–Trinajstić information content (AvgIpc) is 2.95. The van der Waals surface area contributed by atoms with Crippen LogP contribution in [0.15, 0.2) is 0 Å². The van der Waals surface area contributed by atoms with Crippen molar-refractivity contribution in [1.82, 2.24) is 10.2 Å². The molecule has 0 saturated carbocycles. The SMILES string of the molecule is COC1CNC(C(=O)N2CCC(C)(C(=O)O)C2)C1. The first-order valence-electron chi connectivity index (χ1n) is 6.24. The van der Waals surface area contributed by atoms with Gasteiger partial charge in [-0.2, -0.15) is 0 Å². The van der Waals surface area contributed by atoms with Crippen molar-refractivity contribution < 1.29 is 19.4 Å². The monoisotopic (exact) mass is 256 g/mol. The zero-order valence-corrected chi connectivity index (χ0v) is 10.8. The molecule has 2 saturated heterocycles. The van der Waals surface area contributed by atoms with Gasteiger partial charge in [0, 0.05) is 26.7 Å². The van der Waals surface area contributed by atoms with Crippen LogP contribution in [0.1, 0.15) is 19.8 Å². The number of nitrogens with one attached hydrogen (secondary N) is 1. The summed E-state index contributed by atoms with van der Waals surface area (Å²) in [5.74, 6) is -0.827. The fraction of sp³-hybridized carbons (Fsp3) is 0.833. The summed E-state index contributed by atoms with van der Waals surface area (Å²) in [6, 6.07) is -0.230. The Hall–Kier alpha value is -1.14. The predicted octanol–water partition coefficient (Wildman–Crippen LogP) is -0.313. The highest BCUT2D eigenvalue weighted by molar-refractivity contribution is 5.84. The summed E-state index contributed by atoms with van der Waals surface area (Å²) in [5.41, 5.74) is -0.797. The Morgan fingerprint density at radius 2 is 2.22 bits per heavy atom. The number of methoxy groups -OCH3 is 1. The van der Waals surface area contributed by atoms with Crippen LogP contribution in [-0.2, 0) is 14.3 Å². The highest BCUT2D eigenvalue weighted by Gasteiger charge is 2.44. The molecule has 2 fully saturated rings. The van der Waals surface area contributed by atoms with Gasteiger partial charge < -0.3 is 20.1 Å². The smallest absolute Gasteiger partial charge is 0.311 e. The van der Waals surface area contributed by atoms with Gasteiger partial charge in [-0.3, -0.25) is 9.59 Å². The minimum atomic E-state index is -0.827. The first-order chi connectivity index (χ1) is 8.46. The van der Waals surface area contributed by atoms with E-state index in [1.807, 2.05) is 0 Å². The molecule has 6 heteroatoms. The van der Waals surface area contributed by atoms with E-state index in [9.17, 15) is 9.59 Å². The number of likely N-dealkylation sites (tertiary alicyclic amines) is 1. The van der Waals surface area contributed by atoms with Crippen LogP contribution in [0.25, 0.3) is 0 Å². The van der Waals surface area contributed by atoms with Crippen molar-refractivity contribution >= 4 is 11.9 Å². The summed E-state index contributed by atoms with van der Waals surface area (Å²) in [5, 5.41) is 12.3. The molecule has 102 valence electrons. The number of carboxylic acids is 1. The summed E-state index contributed by atoms with van der Waals surface area (Å²) >= 11 is 0. The molecule has 2 aliphatic rings. The number of nitrogens with zero attached hydrogens (tertiary/aromatic N) is 1. The molecular formula is C12H20N2O4. The molecule has 0 aliphatic carbocycles. The highest BCUT2D eigenvalue weighted by Crippen LogP contribution is 2.31. The van der Waals surface area contributed by atoms with Crippen molar-refractivity contribution in [3.05, 3.63) is 0 Å². The predicted molar refractivity (Wildman–Crippen MR) is 64.1 cm³/mol. The third kappa shape index (κ3) is 2.35. The summed E-state index contributed by atoms with van der Waals surface area (Å²) in [4.78, 5) is 25.0. The quantitative estimate of drug-likeness (QED) is 0.724. The van der Waals surface area contributed by atoms with Crippen LogP contribution in [-0.4, -0.2) is 60.8 Å². The Balaban J connectivity index is 1.94. The topological polar surface area (TPSA) is 78.9 Å².